The topological polar surface area (TPSA) is 71.1 Å². The van der Waals surface area contributed by atoms with E-state index < -0.39 is 24.9 Å². The monoisotopic (exact) mass is 419 g/mol. The van der Waals surface area contributed by atoms with Crippen LogP contribution in [0.15, 0.2) is 18.2 Å². The van der Waals surface area contributed by atoms with Crippen molar-refractivity contribution in [3.63, 3.8) is 0 Å². The number of alkyl halides is 2. The Bertz CT molecular complexity index is 705. The Morgan fingerprint density at radius 2 is 1.57 bits per heavy atom. The van der Waals surface area contributed by atoms with E-state index in [9.17, 15) is 18.4 Å². The molecule has 1 aromatic rings. The molecule has 7 nitrogen and oxygen atoms in total. The summed E-state index contributed by atoms with van der Waals surface area (Å²) in [5.41, 5.74) is 0.433. The van der Waals surface area contributed by atoms with Gasteiger partial charge >= 0.3 is 0 Å². The quantitative estimate of drug-likeness (QED) is 0.799. The van der Waals surface area contributed by atoms with Crippen LogP contribution < -0.4 is 14.8 Å². The van der Waals surface area contributed by atoms with Gasteiger partial charge in [0.25, 0.3) is 11.8 Å². The number of methoxy groups -OCH3 is 2. The molecule has 2 aliphatic heterocycles. The van der Waals surface area contributed by atoms with E-state index in [0.717, 1.165) is 0 Å². The number of hydrogen-bond donors (Lipinski definition) is 1. The average molecular weight is 420 g/mol. The van der Waals surface area contributed by atoms with Crippen molar-refractivity contribution >= 4 is 24.2 Å². The van der Waals surface area contributed by atoms with Gasteiger partial charge in [0.05, 0.1) is 26.8 Å². The molecule has 0 bridgehead atoms. The lowest BCUT2D eigenvalue weighted by Gasteiger charge is -2.36. The molecule has 2 heterocycles. The molecule has 0 radical (unpaired) electrons. The van der Waals surface area contributed by atoms with Crippen LogP contribution >= 0.6 is 12.4 Å². The summed E-state index contributed by atoms with van der Waals surface area (Å²) in [6.45, 7) is 0.838. The molecule has 10 heteroatoms. The molecular weight excluding hydrogens is 396 g/mol. The van der Waals surface area contributed by atoms with Gasteiger partial charge in [-0.05, 0) is 12.1 Å². The van der Waals surface area contributed by atoms with Crippen LogP contribution in [0.5, 0.6) is 11.5 Å². The van der Waals surface area contributed by atoms with E-state index in [1.165, 1.54) is 19.1 Å². The van der Waals surface area contributed by atoms with Crippen LogP contribution in [0.2, 0.25) is 0 Å². The largest absolute Gasteiger partial charge is 0.497 e. The normalized spacial score (nSPS) is 21.1. The molecule has 1 atom stereocenters. The zero-order chi connectivity index (χ0) is 19.6. The lowest BCUT2D eigenvalue weighted by atomic mass is 10.1. The van der Waals surface area contributed by atoms with Crippen molar-refractivity contribution < 1.29 is 27.8 Å². The number of halogens is 3. The van der Waals surface area contributed by atoms with Gasteiger partial charge in [0, 0.05) is 44.2 Å². The van der Waals surface area contributed by atoms with Gasteiger partial charge in [0.15, 0.2) is 0 Å². The highest BCUT2D eigenvalue weighted by Gasteiger charge is 2.44. The van der Waals surface area contributed by atoms with Gasteiger partial charge in [-0.15, -0.1) is 12.4 Å². The lowest BCUT2D eigenvalue weighted by molar-refractivity contribution is -0.135. The molecule has 0 aromatic heterocycles. The summed E-state index contributed by atoms with van der Waals surface area (Å²) >= 11 is 0. The van der Waals surface area contributed by atoms with E-state index in [2.05, 4.69) is 5.32 Å². The van der Waals surface area contributed by atoms with E-state index in [0.29, 0.717) is 43.2 Å². The van der Waals surface area contributed by atoms with E-state index in [1.807, 2.05) is 0 Å². The Balaban J connectivity index is 0.00000280. The predicted octanol–water partition coefficient (Wildman–Crippen LogP) is 1.41. The third-order valence-corrected chi connectivity index (χ3v) is 4.88. The fraction of sp³-hybridized carbons (Fsp3) is 0.556. The molecule has 1 aromatic carbocycles. The maximum atomic E-state index is 13.3. The standard InChI is InChI=1S/C18H23F2N3O4.ClH/c1-26-13-7-12(8-14(9-13)27-2)16(24)22-3-5-23(6-4-22)17(25)15-10-18(19,20)11-21-15;/h7-9,15,21H,3-6,10-11H2,1-2H3;1H. The lowest BCUT2D eigenvalue weighted by Crippen LogP contribution is -2.54. The number of piperazine rings is 1. The summed E-state index contributed by atoms with van der Waals surface area (Å²) < 4.78 is 37.0. The van der Waals surface area contributed by atoms with Gasteiger partial charge < -0.3 is 19.3 Å². The predicted molar refractivity (Wildman–Crippen MR) is 101 cm³/mol. The van der Waals surface area contributed by atoms with E-state index in [-0.39, 0.29) is 24.2 Å². The number of rotatable bonds is 4. The molecule has 2 aliphatic rings. The molecule has 0 spiro atoms. The van der Waals surface area contributed by atoms with Crippen molar-refractivity contribution in [3.05, 3.63) is 23.8 Å². The second kappa shape index (κ2) is 8.91. The summed E-state index contributed by atoms with van der Waals surface area (Å²) in [4.78, 5) is 28.3. The molecule has 2 fully saturated rings. The summed E-state index contributed by atoms with van der Waals surface area (Å²) in [7, 11) is 3.02. The molecule has 0 aliphatic carbocycles. The van der Waals surface area contributed by atoms with Crippen molar-refractivity contribution in [2.24, 2.45) is 0 Å². The zero-order valence-electron chi connectivity index (χ0n) is 15.7. The molecule has 28 heavy (non-hydrogen) atoms. The Hall–Kier alpha value is -2.13. The Kier molecular flexibility index (Phi) is 7.06. The fourth-order valence-electron chi connectivity index (χ4n) is 3.35. The minimum absolute atomic E-state index is 0. The SMILES string of the molecule is COc1cc(OC)cc(C(=O)N2CCN(C(=O)C3CC(F)(F)CN3)CC2)c1.Cl. The third-order valence-electron chi connectivity index (χ3n) is 4.88. The number of carbonyl (C=O) groups excluding carboxylic acids is 2. The Labute approximate surface area is 168 Å². The second-order valence-electron chi connectivity index (χ2n) is 6.71. The molecule has 1 N–H and O–H groups in total. The van der Waals surface area contributed by atoms with Crippen molar-refractivity contribution in [1.82, 2.24) is 15.1 Å². The third kappa shape index (κ3) is 4.82. The van der Waals surface area contributed by atoms with Crippen molar-refractivity contribution in [2.45, 2.75) is 18.4 Å². The smallest absolute Gasteiger partial charge is 0.262 e. The van der Waals surface area contributed by atoms with Gasteiger partial charge in [0.2, 0.25) is 5.91 Å². The number of hydrogen-bond acceptors (Lipinski definition) is 5. The number of amides is 2. The van der Waals surface area contributed by atoms with Gasteiger partial charge in [-0.1, -0.05) is 0 Å². The van der Waals surface area contributed by atoms with Crippen LogP contribution in [0.1, 0.15) is 16.8 Å². The maximum Gasteiger partial charge on any atom is 0.262 e. The van der Waals surface area contributed by atoms with Crippen LogP contribution in [0.3, 0.4) is 0 Å². The summed E-state index contributed by atoms with van der Waals surface area (Å²) in [5, 5.41) is 2.58. The van der Waals surface area contributed by atoms with E-state index >= 15 is 0 Å². The molecule has 2 saturated heterocycles. The minimum Gasteiger partial charge on any atom is -0.497 e. The van der Waals surface area contributed by atoms with Crippen LogP contribution in [0.25, 0.3) is 0 Å². The molecular formula is C18H24ClF2N3O4. The van der Waals surface area contributed by atoms with Gasteiger partial charge in [0.1, 0.15) is 11.5 Å². The highest BCUT2D eigenvalue weighted by Crippen LogP contribution is 2.27. The van der Waals surface area contributed by atoms with E-state index in [1.54, 1.807) is 23.1 Å². The Morgan fingerprint density at radius 3 is 2.04 bits per heavy atom. The number of ether oxygens (including phenoxy) is 2. The van der Waals surface area contributed by atoms with Crippen LogP contribution in [0.4, 0.5) is 8.78 Å². The molecule has 2 amide bonds. The van der Waals surface area contributed by atoms with Gasteiger partial charge in [-0.2, -0.15) is 0 Å². The van der Waals surface area contributed by atoms with Crippen LogP contribution in [0, 0.1) is 0 Å². The first-order valence-electron chi connectivity index (χ1n) is 8.75. The van der Waals surface area contributed by atoms with Crippen LogP contribution in [-0.4, -0.2) is 80.5 Å². The molecule has 1 unspecified atom stereocenters. The summed E-state index contributed by atoms with van der Waals surface area (Å²) in [6.07, 6.45) is -0.478. The Morgan fingerprint density at radius 1 is 1.04 bits per heavy atom. The number of nitrogens with one attached hydrogen (secondary N) is 1. The molecule has 3 rings (SSSR count). The first-order chi connectivity index (χ1) is 12.8. The first-order valence-corrected chi connectivity index (χ1v) is 8.75. The first kappa shape index (κ1) is 22.2. The fourth-order valence-corrected chi connectivity index (χ4v) is 3.35. The number of carbonyl (C=O) groups is 2. The second-order valence-corrected chi connectivity index (χ2v) is 6.71. The van der Waals surface area contributed by atoms with Gasteiger partial charge in [-0.25, -0.2) is 8.78 Å². The summed E-state index contributed by atoms with van der Waals surface area (Å²) in [6, 6.07) is 4.09. The summed E-state index contributed by atoms with van der Waals surface area (Å²) in [5.74, 6) is -2.34. The highest BCUT2D eigenvalue weighted by atomic mass is 35.5. The average Bonchev–Trinajstić information content (AvgIpc) is 3.06. The van der Waals surface area contributed by atoms with Crippen molar-refractivity contribution in [3.8, 4) is 11.5 Å². The maximum absolute atomic E-state index is 13.3. The van der Waals surface area contributed by atoms with Crippen LogP contribution in [-0.2, 0) is 4.79 Å². The molecule has 156 valence electrons. The van der Waals surface area contributed by atoms with Gasteiger partial charge in [-0.3, -0.25) is 14.9 Å². The number of benzene rings is 1. The zero-order valence-corrected chi connectivity index (χ0v) is 16.6. The molecule has 0 saturated carbocycles. The van der Waals surface area contributed by atoms with E-state index in [4.69, 9.17) is 9.47 Å². The number of nitrogens with zero attached hydrogens (tertiary/aromatic N) is 2. The minimum atomic E-state index is -2.84. The van der Waals surface area contributed by atoms with Crippen molar-refractivity contribution in [1.29, 1.82) is 0 Å². The van der Waals surface area contributed by atoms with Crippen molar-refractivity contribution in [2.75, 3.05) is 46.9 Å². The highest BCUT2D eigenvalue weighted by molar-refractivity contribution is 5.95.